The lowest BCUT2D eigenvalue weighted by atomic mass is 9.96. The molecule has 1 N–H and O–H groups in total. The first kappa shape index (κ1) is 14.3. The molecule has 0 spiro atoms. The van der Waals surface area contributed by atoms with E-state index in [9.17, 15) is 5.11 Å². The van der Waals surface area contributed by atoms with Gasteiger partial charge in [0, 0.05) is 5.56 Å². The molecule has 1 heteroatoms. The predicted molar refractivity (Wildman–Crippen MR) is 79.1 cm³/mol. The van der Waals surface area contributed by atoms with Crippen molar-refractivity contribution in [3.8, 4) is 16.9 Å². The van der Waals surface area contributed by atoms with Crippen molar-refractivity contribution in [3.63, 3.8) is 0 Å². The molecule has 0 aliphatic carbocycles. The molecule has 18 heavy (non-hydrogen) atoms. The maximum Gasteiger partial charge on any atom is 0.123 e. The first-order chi connectivity index (χ1) is 8.58. The number of phenolic OH excluding ortho intramolecular Hbond substituents is 1. The van der Waals surface area contributed by atoms with Crippen molar-refractivity contribution >= 4 is 0 Å². The molecule has 96 valence electrons. The van der Waals surface area contributed by atoms with Crippen molar-refractivity contribution in [1.82, 2.24) is 0 Å². The van der Waals surface area contributed by atoms with E-state index < -0.39 is 0 Å². The Kier molecular flexibility index (Phi) is 4.96. The number of hydrogen-bond acceptors (Lipinski definition) is 1. The van der Waals surface area contributed by atoms with Gasteiger partial charge in [-0.15, -0.1) is 0 Å². The smallest absolute Gasteiger partial charge is 0.123 e. The lowest BCUT2D eigenvalue weighted by Crippen LogP contribution is -1.86. The molecule has 2 aromatic rings. The highest BCUT2D eigenvalue weighted by Gasteiger charge is 2.07. The molecule has 0 bridgehead atoms. The van der Waals surface area contributed by atoms with Gasteiger partial charge >= 0.3 is 0 Å². The van der Waals surface area contributed by atoms with Crippen LogP contribution in [0.25, 0.3) is 11.1 Å². The van der Waals surface area contributed by atoms with Crippen molar-refractivity contribution < 1.29 is 5.11 Å². The highest BCUT2D eigenvalue weighted by Crippen LogP contribution is 2.32. The molecular formula is C17H22O. The zero-order valence-electron chi connectivity index (χ0n) is 11.9. The fraction of sp³-hybridized carbons (Fsp3) is 0.294. The average Bonchev–Trinajstić information content (AvgIpc) is 2.38. The summed E-state index contributed by atoms with van der Waals surface area (Å²) in [4.78, 5) is 0. The van der Waals surface area contributed by atoms with Crippen LogP contribution in [-0.4, -0.2) is 5.11 Å². The molecule has 0 saturated heterocycles. The molecule has 0 atom stereocenters. The molecule has 0 aliphatic heterocycles. The lowest BCUT2D eigenvalue weighted by Gasteiger charge is -2.10. The highest BCUT2D eigenvalue weighted by molar-refractivity contribution is 5.74. The number of hydrogen-bond donors (Lipinski definition) is 1. The monoisotopic (exact) mass is 242 g/mol. The minimum atomic E-state index is 0.347. The largest absolute Gasteiger partial charge is 0.507 e. The number of aryl methyl sites for hydroxylation is 3. The van der Waals surface area contributed by atoms with Crippen LogP contribution in [0.5, 0.6) is 5.75 Å². The van der Waals surface area contributed by atoms with Crippen molar-refractivity contribution in [2.45, 2.75) is 34.6 Å². The van der Waals surface area contributed by atoms with Gasteiger partial charge in [0.25, 0.3) is 0 Å². The van der Waals surface area contributed by atoms with E-state index in [1.807, 2.05) is 32.9 Å². The summed E-state index contributed by atoms with van der Waals surface area (Å²) in [6.45, 7) is 10.2. The Bertz CT molecular complexity index is 478. The summed E-state index contributed by atoms with van der Waals surface area (Å²) >= 11 is 0. The van der Waals surface area contributed by atoms with Crippen LogP contribution in [0.15, 0.2) is 36.4 Å². The first-order valence-corrected chi connectivity index (χ1v) is 6.45. The number of benzene rings is 2. The van der Waals surface area contributed by atoms with Gasteiger partial charge in [0.1, 0.15) is 5.75 Å². The molecular weight excluding hydrogens is 220 g/mol. The van der Waals surface area contributed by atoms with Crippen LogP contribution in [0, 0.1) is 20.8 Å². The van der Waals surface area contributed by atoms with Gasteiger partial charge < -0.3 is 5.11 Å². The van der Waals surface area contributed by atoms with Crippen LogP contribution >= 0.6 is 0 Å². The zero-order valence-corrected chi connectivity index (χ0v) is 11.9. The Morgan fingerprint density at radius 3 is 1.83 bits per heavy atom. The molecule has 0 fully saturated rings. The van der Waals surface area contributed by atoms with E-state index in [2.05, 4.69) is 32.0 Å². The third-order valence-electron chi connectivity index (χ3n) is 2.84. The van der Waals surface area contributed by atoms with Crippen LogP contribution in [0.2, 0.25) is 0 Å². The molecule has 2 aromatic carbocycles. The molecule has 0 aliphatic rings. The highest BCUT2D eigenvalue weighted by atomic mass is 16.3. The Balaban J connectivity index is 0.000000771. The van der Waals surface area contributed by atoms with Gasteiger partial charge in [0.2, 0.25) is 0 Å². The third-order valence-corrected chi connectivity index (χ3v) is 2.84. The summed E-state index contributed by atoms with van der Waals surface area (Å²) in [6, 6.07) is 12.0. The second-order valence-corrected chi connectivity index (χ2v) is 4.34. The van der Waals surface area contributed by atoms with Gasteiger partial charge in [-0.2, -0.15) is 0 Å². The number of rotatable bonds is 1. The van der Waals surface area contributed by atoms with Crippen LogP contribution in [0.3, 0.4) is 0 Å². The number of aromatic hydroxyl groups is 1. The molecule has 0 unspecified atom stereocenters. The van der Waals surface area contributed by atoms with E-state index in [4.69, 9.17) is 0 Å². The predicted octanol–water partition coefficient (Wildman–Crippen LogP) is 5.01. The molecule has 1 nitrogen and oxygen atoms in total. The van der Waals surface area contributed by atoms with Crippen molar-refractivity contribution in [3.05, 3.63) is 53.1 Å². The topological polar surface area (TPSA) is 20.2 Å². The summed E-state index contributed by atoms with van der Waals surface area (Å²) < 4.78 is 0. The zero-order chi connectivity index (χ0) is 13.7. The van der Waals surface area contributed by atoms with E-state index >= 15 is 0 Å². The maximum absolute atomic E-state index is 9.90. The SMILES string of the molecule is CC.Cc1ccc(C)c(-c2cc(C)ccc2O)c1. The van der Waals surface area contributed by atoms with Gasteiger partial charge in [0.15, 0.2) is 0 Å². The standard InChI is InChI=1S/C15H16O.C2H6/c1-10-4-6-12(3)13(8-10)14-9-11(2)5-7-15(14)16;1-2/h4-9,16H,1-3H3;1-2H3. The Morgan fingerprint density at radius 1 is 0.722 bits per heavy atom. The minimum Gasteiger partial charge on any atom is -0.507 e. The summed E-state index contributed by atoms with van der Waals surface area (Å²) in [7, 11) is 0. The van der Waals surface area contributed by atoms with Gasteiger partial charge in [-0.05, 0) is 44.0 Å². The lowest BCUT2D eigenvalue weighted by molar-refractivity contribution is 0.477. The van der Waals surface area contributed by atoms with Gasteiger partial charge in [-0.25, -0.2) is 0 Å². The second kappa shape index (κ2) is 6.25. The van der Waals surface area contributed by atoms with Crippen molar-refractivity contribution in [1.29, 1.82) is 0 Å². The molecule has 0 heterocycles. The minimum absolute atomic E-state index is 0.347. The van der Waals surface area contributed by atoms with Crippen molar-refractivity contribution in [2.75, 3.05) is 0 Å². The molecule has 0 amide bonds. The van der Waals surface area contributed by atoms with Gasteiger partial charge in [0.05, 0.1) is 0 Å². The van der Waals surface area contributed by atoms with E-state index in [0.717, 1.165) is 16.7 Å². The fourth-order valence-electron chi connectivity index (χ4n) is 1.89. The fourth-order valence-corrected chi connectivity index (χ4v) is 1.89. The van der Waals surface area contributed by atoms with Crippen LogP contribution < -0.4 is 0 Å². The second-order valence-electron chi connectivity index (χ2n) is 4.34. The Morgan fingerprint density at radius 2 is 1.22 bits per heavy atom. The van der Waals surface area contributed by atoms with Crippen LogP contribution in [-0.2, 0) is 0 Å². The van der Waals surface area contributed by atoms with Crippen molar-refractivity contribution in [2.24, 2.45) is 0 Å². The molecule has 0 saturated carbocycles. The Hall–Kier alpha value is -1.76. The number of phenols is 1. The van der Waals surface area contributed by atoms with E-state index in [1.165, 1.54) is 11.1 Å². The maximum atomic E-state index is 9.90. The van der Waals surface area contributed by atoms with E-state index in [-0.39, 0.29) is 0 Å². The summed E-state index contributed by atoms with van der Waals surface area (Å²) in [5.41, 5.74) is 5.59. The molecule has 0 radical (unpaired) electrons. The quantitative estimate of drug-likeness (QED) is 0.745. The average molecular weight is 242 g/mol. The first-order valence-electron chi connectivity index (χ1n) is 6.45. The summed E-state index contributed by atoms with van der Waals surface area (Å²) in [6.07, 6.45) is 0. The molecule has 2 rings (SSSR count). The van der Waals surface area contributed by atoms with Crippen LogP contribution in [0.1, 0.15) is 30.5 Å². The van der Waals surface area contributed by atoms with Gasteiger partial charge in [-0.1, -0.05) is 49.2 Å². The van der Waals surface area contributed by atoms with Gasteiger partial charge in [-0.3, -0.25) is 0 Å². The normalized spacial score (nSPS) is 9.61. The summed E-state index contributed by atoms with van der Waals surface area (Å²) in [5, 5.41) is 9.90. The van der Waals surface area contributed by atoms with E-state index in [1.54, 1.807) is 6.07 Å². The Labute approximate surface area is 110 Å². The summed E-state index contributed by atoms with van der Waals surface area (Å²) in [5.74, 6) is 0.347. The third kappa shape index (κ3) is 3.13. The molecule has 0 aromatic heterocycles. The van der Waals surface area contributed by atoms with Crippen LogP contribution in [0.4, 0.5) is 0 Å². The van der Waals surface area contributed by atoms with E-state index in [0.29, 0.717) is 5.75 Å².